The first-order valence-corrected chi connectivity index (χ1v) is 7.17. The zero-order chi connectivity index (χ0) is 13.5. The molecule has 100 valence electrons. The summed E-state index contributed by atoms with van der Waals surface area (Å²) >= 11 is 0. The van der Waals surface area contributed by atoms with Gasteiger partial charge in [0.2, 0.25) is 0 Å². The van der Waals surface area contributed by atoms with Gasteiger partial charge < -0.3 is 0 Å². The van der Waals surface area contributed by atoms with E-state index in [0.717, 1.165) is 30.1 Å². The molecule has 20 heavy (non-hydrogen) atoms. The molecule has 4 rings (SSSR count). The van der Waals surface area contributed by atoms with Gasteiger partial charge in [0, 0.05) is 17.0 Å². The molecular weight excluding hydrogens is 246 g/mol. The van der Waals surface area contributed by atoms with Crippen LogP contribution in [0.2, 0.25) is 0 Å². The number of pyridine rings is 1. The van der Waals surface area contributed by atoms with Crippen LogP contribution in [0.3, 0.4) is 0 Å². The molecule has 1 heterocycles. The zero-order valence-corrected chi connectivity index (χ0v) is 11.5. The maximum Gasteiger partial charge on any atom is 0.147 e. The SMILES string of the molecule is Cc1cc(N/N=C2\CC3C=CCC23)nc2ccccc12. The molecule has 1 fully saturated rings. The molecular formula is C17H17N3. The molecule has 2 aromatic rings. The van der Waals surface area contributed by atoms with Crippen LogP contribution in [-0.4, -0.2) is 10.7 Å². The van der Waals surface area contributed by atoms with Gasteiger partial charge in [0.25, 0.3) is 0 Å². The molecule has 1 aromatic carbocycles. The van der Waals surface area contributed by atoms with Crippen LogP contribution in [0.15, 0.2) is 47.6 Å². The summed E-state index contributed by atoms with van der Waals surface area (Å²) < 4.78 is 0. The second-order valence-corrected chi connectivity index (χ2v) is 5.69. The average Bonchev–Trinajstić information content (AvgIpc) is 2.81. The summed E-state index contributed by atoms with van der Waals surface area (Å²) in [5.74, 6) is 2.22. The van der Waals surface area contributed by atoms with Gasteiger partial charge in [-0.05, 0) is 43.4 Å². The third-order valence-electron chi connectivity index (χ3n) is 4.40. The fourth-order valence-corrected chi connectivity index (χ4v) is 3.20. The first-order valence-electron chi connectivity index (χ1n) is 7.17. The van der Waals surface area contributed by atoms with E-state index in [1.165, 1.54) is 16.7 Å². The molecule has 0 saturated heterocycles. The molecule has 0 bridgehead atoms. The maximum atomic E-state index is 4.62. The Kier molecular flexibility index (Phi) is 2.59. The minimum atomic E-state index is 0.643. The summed E-state index contributed by atoms with van der Waals surface area (Å²) in [7, 11) is 0. The van der Waals surface area contributed by atoms with Crippen molar-refractivity contribution in [2.24, 2.45) is 16.9 Å². The van der Waals surface area contributed by atoms with E-state index in [2.05, 4.69) is 46.7 Å². The Balaban J connectivity index is 1.59. The average molecular weight is 263 g/mol. The molecule has 3 heteroatoms. The van der Waals surface area contributed by atoms with E-state index in [1.54, 1.807) is 0 Å². The van der Waals surface area contributed by atoms with Crippen LogP contribution < -0.4 is 5.43 Å². The van der Waals surface area contributed by atoms with Crippen molar-refractivity contribution in [3.05, 3.63) is 48.0 Å². The first kappa shape index (κ1) is 11.6. The number of fused-ring (bicyclic) bond motifs is 2. The number of para-hydroxylation sites is 1. The standard InChI is InChI=1S/C17H17N3/c1-11-9-17(18-15-8-3-2-6-13(11)15)20-19-16-10-12-5-4-7-14(12)16/h2-6,8-9,12,14H,7,10H2,1H3,(H,18,20)/b19-16+. The van der Waals surface area contributed by atoms with Crippen molar-refractivity contribution in [2.45, 2.75) is 19.8 Å². The van der Waals surface area contributed by atoms with Crippen LogP contribution in [0.4, 0.5) is 5.82 Å². The van der Waals surface area contributed by atoms with E-state index in [0.29, 0.717) is 5.92 Å². The Labute approximate surface area is 118 Å². The number of allylic oxidation sites excluding steroid dienone is 2. The largest absolute Gasteiger partial charge is 0.261 e. The molecule has 0 aliphatic heterocycles. The van der Waals surface area contributed by atoms with E-state index < -0.39 is 0 Å². The highest BCUT2D eigenvalue weighted by atomic mass is 15.3. The van der Waals surface area contributed by atoms with Crippen LogP contribution >= 0.6 is 0 Å². The van der Waals surface area contributed by atoms with Crippen LogP contribution in [0, 0.1) is 18.8 Å². The van der Waals surface area contributed by atoms with Crippen molar-refractivity contribution < 1.29 is 0 Å². The fourth-order valence-electron chi connectivity index (χ4n) is 3.20. The summed E-state index contributed by atoms with van der Waals surface area (Å²) in [6.45, 7) is 2.11. The normalized spacial score (nSPS) is 25.8. The van der Waals surface area contributed by atoms with E-state index in [4.69, 9.17) is 0 Å². The molecule has 2 unspecified atom stereocenters. The fraction of sp³-hybridized carbons (Fsp3) is 0.294. The van der Waals surface area contributed by atoms with Gasteiger partial charge in [-0.25, -0.2) is 4.98 Å². The smallest absolute Gasteiger partial charge is 0.147 e. The number of anilines is 1. The summed E-state index contributed by atoms with van der Waals surface area (Å²) in [4.78, 5) is 4.62. The number of aromatic nitrogens is 1. The van der Waals surface area contributed by atoms with Crippen molar-refractivity contribution in [3.8, 4) is 0 Å². The topological polar surface area (TPSA) is 37.3 Å². The molecule has 2 aliphatic rings. The van der Waals surface area contributed by atoms with E-state index in [-0.39, 0.29) is 0 Å². The number of nitrogens with one attached hydrogen (secondary N) is 1. The van der Waals surface area contributed by atoms with E-state index in [9.17, 15) is 0 Å². The molecule has 2 atom stereocenters. The maximum absolute atomic E-state index is 4.62. The van der Waals surface area contributed by atoms with Gasteiger partial charge in [0.1, 0.15) is 5.82 Å². The van der Waals surface area contributed by atoms with Crippen molar-refractivity contribution in [2.75, 3.05) is 5.43 Å². The van der Waals surface area contributed by atoms with Gasteiger partial charge in [-0.15, -0.1) is 0 Å². The van der Waals surface area contributed by atoms with Crippen LogP contribution in [0.25, 0.3) is 10.9 Å². The highest BCUT2D eigenvalue weighted by Gasteiger charge is 2.37. The first-order chi connectivity index (χ1) is 9.81. The van der Waals surface area contributed by atoms with Crippen molar-refractivity contribution in [1.82, 2.24) is 4.98 Å². The minimum Gasteiger partial charge on any atom is -0.261 e. The van der Waals surface area contributed by atoms with Crippen molar-refractivity contribution in [1.29, 1.82) is 0 Å². The lowest BCUT2D eigenvalue weighted by Crippen LogP contribution is -2.33. The molecule has 2 aliphatic carbocycles. The molecule has 1 saturated carbocycles. The van der Waals surface area contributed by atoms with Gasteiger partial charge in [-0.1, -0.05) is 30.4 Å². The second-order valence-electron chi connectivity index (χ2n) is 5.69. The minimum absolute atomic E-state index is 0.643. The molecule has 3 nitrogen and oxygen atoms in total. The Morgan fingerprint density at radius 2 is 2.20 bits per heavy atom. The van der Waals surface area contributed by atoms with Crippen LogP contribution in [0.5, 0.6) is 0 Å². The number of hydrogen-bond acceptors (Lipinski definition) is 3. The number of hydrazone groups is 1. The van der Waals surface area contributed by atoms with E-state index in [1.807, 2.05) is 18.2 Å². The Bertz CT molecular complexity index is 730. The third kappa shape index (κ3) is 1.82. The van der Waals surface area contributed by atoms with Gasteiger partial charge in [0.15, 0.2) is 0 Å². The number of aryl methyl sites for hydroxylation is 1. The van der Waals surface area contributed by atoms with Gasteiger partial charge in [-0.3, -0.25) is 5.43 Å². The Hall–Kier alpha value is -2.16. The van der Waals surface area contributed by atoms with Gasteiger partial charge in [0.05, 0.1) is 5.52 Å². The van der Waals surface area contributed by atoms with E-state index >= 15 is 0 Å². The number of rotatable bonds is 2. The Morgan fingerprint density at radius 3 is 3.10 bits per heavy atom. The number of hydrogen-bond donors (Lipinski definition) is 1. The number of benzene rings is 1. The summed E-state index contributed by atoms with van der Waals surface area (Å²) in [5, 5.41) is 5.76. The summed E-state index contributed by atoms with van der Waals surface area (Å²) in [5.41, 5.74) is 6.67. The third-order valence-corrected chi connectivity index (χ3v) is 4.40. The second kappa shape index (κ2) is 4.44. The predicted molar refractivity (Wildman–Crippen MR) is 82.9 cm³/mol. The number of nitrogens with zero attached hydrogens (tertiary/aromatic N) is 2. The molecule has 0 amide bonds. The van der Waals surface area contributed by atoms with Gasteiger partial charge in [-0.2, -0.15) is 5.10 Å². The zero-order valence-electron chi connectivity index (χ0n) is 11.5. The quantitative estimate of drug-likeness (QED) is 0.659. The molecule has 1 aromatic heterocycles. The van der Waals surface area contributed by atoms with Crippen molar-refractivity contribution in [3.63, 3.8) is 0 Å². The summed E-state index contributed by atoms with van der Waals surface area (Å²) in [6.07, 6.45) is 6.84. The van der Waals surface area contributed by atoms with Crippen LogP contribution in [0.1, 0.15) is 18.4 Å². The summed E-state index contributed by atoms with van der Waals surface area (Å²) in [6, 6.07) is 10.3. The molecule has 0 spiro atoms. The van der Waals surface area contributed by atoms with Crippen molar-refractivity contribution >= 4 is 22.4 Å². The monoisotopic (exact) mass is 263 g/mol. The highest BCUT2D eigenvalue weighted by molar-refractivity contribution is 5.94. The molecule has 0 radical (unpaired) electrons. The lowest BCUT2D eigenvalue weighted by atomic mass is 9.74. The Morgan fingerprint density at radius 1 is 1.30 bits per heavy atom. The lowest BCUT2D eigenvalue weighted by molar-refractivity contribution is 0.466. The van der Waals surface area contributed by atoms with Crippen LogP contribution in [-0.2, 0) is 0 Å². The highest BCUT2D eigenvalue weighted by Crippen LogP contribution is 2.40. The van der Waals surface area contributed by atoms with Gasteiger partial charge >= 0.3 is 0 Å². The predicted octanol–water partition coefficient (Wildman–Crippen LogP) is 3.91. The molecule has 1 N–H and O–H groups in total. The lowest BCUT2D eigenvalue weighted by Gasteiger charge is -2.31.